The van der Waals surface area contributed by atoms with Crippen molar-refractivity contribution in [3.05, 3.63) is 29.8 Å². The maximum Gasteiger partial charge on any atom is 0.323 e. The summed E-state index contributed by atoms with van der Waals surface area (Å²) in [5.74, 6) is -0.0838. The van der Waals surface area contributed by atoms with Crippen LogP contribution in [-0.2, 0) is 10.2 Å². The fraction of sp³-hybridized carbons (Fsp3) is 0.588. The third-order valence-corrected chi connectivity index (χ3v) is 3.78. The van der Waals surface area contributed by atoms with Gasteiger partial charge in [-0.1, -0.05) is 45.9 Å². The molecule has 0 aliphatic carbocycles. The van der Waals surface area contributed by atoms with Gasteiger partial charge in [-0.05, 0) is 36.3 Å². The van der Waals surface area contributed by atoms with Gasteiger partial charge in [0.15, 0.2) is 0 Å². The van der Waals surface area contributed by atoms with Crippen LogP contribution >= 0.6 is 0 Å². The molecule has 0 saturated heterocycles. The highest BCUT2D eigenvalue weighted by molar-refractivity contribution is 5.78. The van der Waals surface area contributed by atoms with Gasteiger partial charge in [-0.25, -0.2) is 0 Å². The molecule has 0 aliphatic heterocycles. The quantitative estimate of drug-likeness (QED) is 0.756. The number of nitrogens with two attached hydrogens (primary N) is 1. The van der Waals surface area contributed by atoms with Crippen molar-refractivity contribution in [2.45, 2.75) is 57.9 Å². The number of hydrogen-bond acceptors (Lipinski definition) is 3. The van der Waals surface area contributed by atoms with Gasteiger partial charge in [0.2, 0.25) is 0 Å². The lowest BCUT2D eigenvalue weighted by Crippen LogP contribution is -2.47. The summed E-state index contributed by atoms with van der Waals surface area (Å²) in [7, 11) is 0. The molecular weight excluding hydrogens is 266 g/mol. The highest BCUT2D eigenvalue weighted by Crippen LogP contribution is 2.31. The monoisotopic (exact) mass is 293 g/mol. The molecule has 0 spiro atoms. The lowest BCUT2D eigenvalue weighted by molar-refractivity contribution is -0.143. The number of carboxylic acids is 1. The van der Waals surface area contributed by atoms with E-state index in [0.29, 0.717) is 25.9 Å². The van der Waals surface area contributed by atoms with Crippen LogP contribution in [0.5, 0.6) is 5.75 Å². The molecule has 0 amide bonds. The van der Waals surface area contributed by atoms with E-state index in [-0.39, 0.29) is 5.41 Å². The van der Waals surface area contributed by atoms with E-state index in [1.807, 2.05) is 18.2 Å². The molecule has 0 heterocycles. The Kier molecular flexibility index (Phi) is 5.78. The molecule has 3 N–H and O–H groups in total. The molecule has 0 fully saturated rings. The number of rotatable bonds is 7. The number of ether oxygens (including phenoxy) is 1. The van der Waals surface area contributed by atoms with Crippen molar-refractivity contribution in [2.75, 3.05) is 6.61 Å². The summed E-state index contributed by atoms with van der Waals surface area (Å²) in [4.78, 5) is 11.1. The Balaban J connectivity index is 2.60. The second-order valence-corrected chi connectivity index (χ2v) is 6.51. The van der Waals surface area contributed by atoms with Gasteiger partial charge in [-0.15, -0.1) is 0 Å². The van der Waals surface area contributed by atoms with Gasteiger partial charge in [0.1, 0.15) is 11.3 Å². The van der Waals surface area contributed by atoms with E-state index in [0.717, 1.165) is 11.3 Å². The van der Waals surface area contributed by atoms with E-state index >= 15 is 0 Å². The Bertz CT molecular complexity index is 479. The van der Waals surface area contributed by atoms with Crippen LogP contribution in [0.4, 0.5) is 0 Å². The van der Waals surface area contributed by atoms with Crippen LogP contribution in [0.25, 0.3) is 0 Å². The minimum absolute atomic E-state index is 0.0126. The first kappa shape index (κ1) is 17.5. The molecular formula is C17H27NO3. The minimum atomic E-state index is -1.15. The van der Waals surface area contributed by atoms with Gasteiger partial charge < -0.3 is 15.6 Å². The largest absolute Gasteiger partial charge is 0.493 e. The molecule has 4 heteroatoms. The standard InChI is InChI=1S/C17H27NO3/c1-5-17(18,15(19)20)11-8-12-21-14-10-7-6-9-13(14)16(2,3)4/h6-7,9-10H,5,8,11-12,18H2,1-4H3,(H,19,20). The summed E-state index contributed by atoms with van der Waals surface area (Å²) < 4.78 is 5.83. The van der Waals surface area contributed by atoms with Crippen LogP contribution < -0.4 is 10.5 Å². The molecule has 1 aromatic rings. The van der Waals surface area contributed by atoms with Crippen molar-refractivity contribution in [1.82, 2.24) is 0 Å². The maximum absolute atomic E-state index is 11.1. The fourth-order valence-electron chi connectivity index (χ4n) is 2.22. The van der Waals surface area contributed by atoms with Crippen LogP contribution in [0.2, 0.25) is 0 Å². The number of aliphatic carboxylic acids is 1. The second kappa shape index (κ2) is 6.94. The zero-order valence-electron chi connectivity index (χ0n) is 13.5. The van der Waals surface area contributed by atoms with Crippen LogP contribution in [0.3, 0.4) is 0 Å². The number of hydrogen-bond donors (Lipinski definition) is 2. The predicted octanol–water partition coefficient (Wildman–Crippen LogP) is 3.34. The van der Waals surface area contributed by atoms with Gasteiger partial charge in [-0.2, -0.15) is 0 Å². The fourth-order valence-corrected chi connectivity index (χ4v) is 2.22. The van der Waals surface area contributed by atoms with Crippen LogP contribution in [0.1, 0.15) is 52.5 Å². The molecule has 0 radical (unpaired) electrons. The van der Waals surface area contributed by atoms with Crippen molar-refractivity contribution < 1.29 is 14.6 Å². The highest BCUT2D eigenvalue weighted by Gasteiger charge is 2.31. The van der Waals surface area contributed by atoms with Crippen molar-refractivity contribution in [3.63, 3.8) is 0 Å². The number of benzene rings is 1. The van der Waals surface area contributed by atoms with Crippen LogP contribution in [-0.4, -0.2) is 23.2 Å². The molecule has 0 saturated carbocycles. The molecule has 1 aromatic carbocycles. The molecule has 4 nitrogen and oxygen atoms in total. The van der Waals surface area contributed by atoms with Gasteiger partial charge in [-0.3, -0.25) is 4.79 Å². The highest BCUT2D eigenvalue weighted by atomic mass is 16.5. The first-order valence-corrected chi connectivity index (χ1v) is 7.45. The van der Waals surface area contributed by atoms with E-state index in [4.69, 9.17) is 15.6 Å². The molecule has 1 unspecified atom stereocenters. The zero-order valence-corrected chi connectivity index (χ0v) is 13.5. The maximum atomic E-state index is 11.1. The van der Waals surface area contributed by atoms with Crippen molar-refractivity contribution in [1.29, 1.82) is 0 Å². The summed E-state index contributed by atoms with van der Waals surface area (Å²) in [6.45, 7) is 8.69. The summed E-state index contributed by atoms with van der Waals surface area (Å²) in [6, 6.07) is 7.96. The average Bonchev–Trinajstić information content (AvgIpc) is 2.42. The van der Waals surface area contributed by atoms with E-state index in [9.17, 15) is 4.79 Å². The lowest BCUT2D eigenvalue weighted by Gasteiger charge is -2.24. The number of carbonyl (C=O) groups is 1. The van der Waals surface area contributed by atoms with Gasteiger partial charge >= 0.3 is 5.97 Å². The Morgan fingerprint density at radius 3 is 2.43 bits per heavy atom. The molecule has 0 aromatic heterocycles. The lowest BCUT2D eigenvalue weighted by atomic mass is 9.86. The van der Waals surface area contributed by atoms with E-state index in [2.05, 4.69) is 26.8 Å². The number of para-hydroxylation sites is 1. The summed E-state index contributed by atoms with van der Waals surface area (Å²) >= 11 is 0. The molecule has 21 heavy (non-hydrogen) atoms. The molecule has 0 aliphatic rings. The summed E-state index contributed by atoms with van der Waals surface area (Å²) in [6.07, 6.45) is 1.45. The van der Waals surface area contributed by atoms with Crippen molar-refractivity contribution in [2.24, 2.45) is 5.73 Å². The van der Waals surface area contributed by atoms with Gasteiger partial charge in [0.25, 0.3) is 0 Å². The molecule has 118 valence electrons. The first-order valence-electron chi connectivity index (χ1n) is 7.45. The number of carboxylic acid groups (broad SMARTS) is 1. The molecule has 1 rings (SSSR count). The van der Waals surface area contributed by atoms with Gasteiger partial charge in [0.05, 0.1) is 6.61 Å². The summed E-state index contributed by atoms with van der Waals surface area (Å²) in [5.41, 5.74) is 5.88. The van der Waals surface area contributed by atoms with E-state index < -0.39 is 11.5 Å². The Labute approximate surface area is 127 Å². The zero-order chi connectivity index (χ0) is 16.1. The first-order chi connectivity index (χ1) is 9.70. The van der Waals surface area contributed by atoms with E-state index in [1.54, 1.807) is 6.92 Å². The SMILES string of the molecule is CCC(N)(CCCOc1ccccc1C(C)(C)C)C(=O)O. The minimum Gasteiger partial charge on any atom is -0.493 e. The summed E-state index contributed by atoms with van der Waals surface area (Å²) in [5, 5.41) is 9.13. The van der Waals surface area contributed by atoms with Crippen molar-refractivity contribution in [3.8, 4) is 5.75 Å². The van der Waals surface area contributed by atoms with E-state index in [1.165, 1.54) is 0 Å². The third kappa shape index (κ3) is 4.74. The third-order valence-electron chi connectivity index (χ3n) is 3.78. The Hall–Kier alpha value is -1.55. The normalized spacial score (nSPS) is 14.5. The van der Waals surface area contributed by atoms with Crippen LogP contribution in [0.15, 0.2) is 24.3 Å². The van der Waals surface area contributed by atoms with Crippen LogP contribution in [0, 0.1) is 0 Å². The Morgan fingerprint density at radius 2 is 1.90 bits per heavy atom. The van der Waals surface area contributed by atoms with Crippen molar-refractivity contribution >= 4 is 5.97 Å². The predicted molar refractivity (Wildman–Crippen MR) is 84.7 cm³/mol. The smallest absolute Gasteiger partial charge is 0.323 e. The average molecular weight is 293 g/mol. The molecule has 1 atom stereocenters. The second-order valence-electron chi connectivity index (χ2n) is 6.51. The topological polar surface area (TPSA) is 72.5 Å². The van der Waals surface area contributed by atoms with Gasteiger partial charge in [0, 0.05) is 0 Å². The Morgan fingerprint density at radius 1 is 1.29 bits per heavy atom. The molecule has 0 bridgehead atoms.